The third kappa shape index (κ3) is 4.32. The molecule has 11 aromatic rings. The van der Waals surface area contributed by atoms with E-state index in [0.29, 0.717) is 0 Å². The molecule has 0 bridgehead atoms. The first-order chi connectivity index (χ1) is 26.8. The molecule has 2 heteroatoms. The van der Waals surface area contributed by atoms with E-state index in [2.05, 4.69) is 170 Å². The number of hydrogen-bond donors (Lipinski definition) is 0. The van der Waals surface area contributed by atoms with Crippen LogP contribution < -0.4 is 0 Å². The normalized spacial score (nSPS) is 13.0. The molecule has 0 radical (unpaired) electrons. The zero-order chi connectivity index (χ0) is 35.3. The van der Waals surface area contributed by atoms with Gasteiger partial charge in [0.1, 0.15) is 11.2 Å². The molecule has 9 aromatic carbocycles. The van der Waals surface area contributed by atoms with E-state index in [1.54, 1.807) is 0 Å². The Hall–Kier alpha value is -6.48. The van der Waals surface area contributed by atoms with Gasteiger partial charge in [-0.15, -0.1) is 11.3 Å². The summed E-state index contributed by atoms with van der Waals surface area (Å²) in [6.45, 7) is 0. The molecule has 0 aliphatic heterocycles. The summed E-state index contributed by atoms with van der Waals surface area (Å²) in [5.74, 6) is 0. The number of hydrogen-bond acceptors (Lipinski definition) is 2. The smallest absolute Gasteiger partial charge is 0.145 e. The van der Waals surface area contributed by atoms with Gasteiger partial charge in [0.05, 0.1) is 0 Å². The Balaban J connectivity index is 1.03. The second-order valence-electron chi connectivity index (χ2n) is 14.6. The van der Waals surface area contributed by atoms with Gasteiger partial charge in [-0.3, -0.25) is 0 Å². The molecule has 0 saturated heterocycles. The van der Waals surface area contributed by atoms with Crippen molar-refractivity contribution in [3.05, 3.63) is 174 Å². The van der Waals surface area contributed by atoms with Crippen molar-refractivity contribution in [2.24, 2.45) is 0 Å². The molecule has 0 saturated carbocycles. The van der Waals surface area contributed by atoms with E-state index in [-0.39, 0.29) is 0 Å². The van der Waals surface area contributed by atoms with E-state index < -0.39 is 0 Å². The third-order valence-corrected chi connectivity index (χ3v) is 12.9. The molecule has 2 heterocycles. The largest absolute Gasteiger partial charge is 0.455 e. The Labute approximate surface area is 316 Å². The number of thiophene rings is 1. The van der Waals surface area contributed by atoms with Crippen molar-refractivity contribution >= 4 is 92.5 Å². The maximum atomic E-state index is 6.79. The lowest BCUT2D eigenvalue weighted by Crippen LogP contribution is -1.91. The average Bonchev–Trinajstić information content (AvgIpc) is 3.82. The monoisotopic (exact) mass is 704 g/mol. The molecule has 0 spiro atoms. The van der Waals surface area contributed by atoms with E-state index >= 15 is 0 Å². The maximum Gasteiger partial charge on any atom is 0.145 e. The quantitative estimate of drug-likeness (QED) is 0.167. The van der Waals surface area contributed by atoms with Crippen molar-refractivity contribution in [3.63, 3.8) is 0 Å². The van der Waals surface area contributed by atoms with Crippen LogP contribution in [0, 0.1) is 0 Å². The van der Waals surface area contributed by atoms with Gasteiger partial charge >= 0.3 is 0 Å². The van der Waals surface area contributed by atoms with Crippen molar-refractivity contribution in [2.75, 3.05) is 0 Å². The van der Waals surface area contributed by atoms with Crippen LogP contribution in [-0.2, 0) is 6.42 Å². The van der Waals surface area contributed by atoms with Gasteiger partial charge in [-0.25, -0.2) is 0 Å². The Morgan fingerprint density at radius 1 is 0.444 bits per heavy atom. The lowest BCUT2D eigenvalue weighted by molar-refractivity contribution is 0.672. The zero-order valence-electron chi connectivity index (χ0n) is 29.4. The Morgan fingerprint density at radius 2 is 1.04 bits per heavy atom. The van der Waals surface area contributed by atoms with Crippen molar-refractivity contribution in [2.45, 2.75) is 12.8 Å². The van der Waals surface area contributed by atoms with Gasteiger partial charge in [0.2, 0.25) is 0 Å². The second kappa shape index (κ2) is 11.5. The average molecular weight is 705 g/mol. The van der Waals surface area contributed by atoms with Crippen LogP contribution in [0.15, 0.2) is 168 Å². The van der Waals surface area contributed by atoms with Gasteiger partial charge in [0.15, 0.2) is 0 Å². The summed E-state index contributed by atoms with van der Waals surface area (Å²) < 4.78 is 8.14. The first-order valence-corrected chi connectivity index (χ1v) is 19.6. The Morgan fingerprint density at radius 3 is 1.78 bits per heavy atom. The first-order valence-electron chi connectivity index (χ1n) is 18.8. The summed E-state index contributed by atoms with van der Waals surface area (Å²) in [4.78, 5) is 1.37. The van der Waals surface area contributed by atoms with Gasteiger partial charge in [0, 0.05) is 31.1 Å². The number of allylic oxidation sites excluding steroid dienone is 1. The molecule has 0 amide bonds. The first kappa shape index (κ1) is 30.0. The van der Waals surface area contributed by atoms with Gasteiger partial charge in [0.25, 0.3) is 0 Å². The fraction of sp³-hybridized carbons (Fsp3) is 0.0385. The van der Waals surface area contributed by atoms with Gasteiger partial charge in [-0.2, -0.15) is 0 Å². The summed E-state index contributed by atoms with van der Waals surface area (Å²) in [6.07, 6.45) is 6.75. The molecule has 0 fully saturated rings. The minimum absolute atomic E-state index is 0.943. The highest BCUT2D eigenvalue weighted by Gasteiger charge is 2.23. The van der Waals surface area contributed by atoms with Gasteiger partial charge in [-0.05, 0) is 114 Å². The standard InChI is InChI=1S/C52H32OS/c1-2-12-34-29-36(26-23-31(34)11-1)48-39-15-5-3-13-37(39)47(38-14-4-6-16-40(38)48)33-24-21-32(22-25-33)35-27-28-45-44(30-35)49-41-17-7-8-18-42(41)52-50(51(49)53-45)43-19-9-10-20-46(43)54-52/h1-8,10-18,20-30H,9,19H2. The van der Waals surface area contributed by atoms with Crippen molar-refractivity contribution < 1.29 is 4.42 Å². The maximum absolute atomic E-state index is 6.79. The molecule has 12 rings (SSSR count). The zero-order valence-corrected chi connectivity index (χ0v) is 30.2. The highest BCUT2D eigenvalue weighted by Crippen LogP contribution is 2.48. The predicted octanol–water partition coefficient (Wildman–Crippen LogP) is 15.4. The van der Waals surface area contributed by atoms with Crippen LogP contribution in [-0.4, -0.2) is 0 Å². The van der Waals surface area contributed by atoms with E-state index in [1.807, 2.05) is 11.3 Å². The SMILES string of the molecule is C1=Cc2sc3c4ccccc4c4c5cc(-c6ccc(-c7c8ccccc8c(-c8ccc9ccccc9c8)c8ccccc78)cc6)ccc5oc4c3c2CC1. The Kier molecular flexibility index (Phi) is 6.40. The number of aryl methyl sites for hydroxylation is 1. The minimum atomic E-state index is 0.943. The van der Waals surface area contributed by atoms with Crippen LogP contribution in [0.4, 0.5) is 0 Å². The molecule has 0 unspecified atom stereocenters. The second-order valence-corrected chi connectivity index (χ2v) is 15.7. The molecule has 1 nitrogen and oxygen atoms in total. The van der Waals surface area contributed by atoms with Crippen LogP contribution in [0.1, 0.15) is 16.9 Å². The summed E-state index contributed by atoms with van der Waals surface area (Å²) in [6, 6.07) is 58.1. The van der Waals surface area contributed by atoms with E-state index in [0.717, 1.165) is 24.0 Å². The summed E-state index contributed by atoms with van der Waals surface area (Å²) in [5, 5.41) is 13.9. The molecule has 252 valence electrons. The summed E-state index contributed by atoms with van der Waals surface area (Å²) >= 11 is 1.91. The minimum Gasteiger partial charge on any atom is -0.455 e. The molecule has 0 atom stereocenters. The highest BCUT2D eigenvalue weighted by molar-refractivity contribution is 7.21. The van der Waals surface area contributed by atoms with Crippen LogP contribution in [0.2, 0.25) is 0 Å². The van der Waals surface area contributed by atoms with Crippen molar-refractivity contribution in [1.29, 1.82) is 0 Å². The molecule has 2 aromatic heterocycles. The fourth-order valence-electron chi connectivity index (χ4n) is 9.26. The molecule has 54 heavy (non-hydrogen) atoms. The lowest BCUT2D eigenvalue weighted by Gasteiger charge is -2.18. The number of benzene rings is 9. The van der Waals surface area contributed by atoms with Crippen LogP contribution in [0.5, 0.6) is 0 Å². The third-order valence-electron chi connectivity index (χ3n) is 11.7. The summed E-state index contributed by atoms with van der Waals surface area (Å²) in [7, 11) is 0. The number of rotatable bonds is 3. The molecular formula is C52H32OS. The number of furan rings is 1. The van der Waals surface area contributed by atoms with Crippen molar-refractivity contribution in [3.8, 4) is 33.4 Å². The molecule has 0 N–H and O–H groups in total. The fourth-order valence-corrected chi connectivity index (χ4v) is 10.6. The van der Waals surface area contributed by atoms with E-state index in [9.17, 15) is 0 Å². The molecule has 1 aliphatic rings. The topological polar surface area (TPSA) is 13.1 Å². The lowest BCUT2D eigenvalue weighted by atomic mass is 9.85. The van der Waals surface area contributed by atoms with Crippen LogP contribution in [0.3, 0.4) is 0 Å². The van der Waals surface area contributed by atoms with E-state index in [1.165, 1.54) is 108 Å². The molecular weight excluding hydrogens is 673 g/mol. The summed E-state index contributed by atoms with van der Waals surface area (Å²) in [5.41, 5.74) is 10.8. The van der Waals surface area contributed by atoms with Gasteiger partial charge < -0.3 is 4.42 Å². The Bertz CT molecular complexity index is 3320. The highest BCUT2D eigenvalue weighted by atomic mass is 32.1. The number of fused-ring (bicyclic) bond motifs is 13. The van der Waals surface area contributed by atoms with Gasteiger partial charge in [-0.1, -0.05) is 146 Å². The van der Waals surface area contributed by atoms with Crippen LogP contribution >= 0.6 is 11.3 Å². The molecule has 1 aliphatic carbocycles. The van der Waals surface area contributed by atoms with E-state index in [4.69, 9.17) is 4.42 Å². The predicted molar refractivity (Wildman–Crippen MR) is 233 cm³/mol. The van der Waals surface area contributed by atoms with Crippen molar-refractivity contribution in [1.82, 2.24) is 0 Å². The van der Waals surface area contributed by atoms with Crippen LogP contribution in [0.25, 0.3) is 115 Å².